The first-order valence-corrected chi connectivity index (χ1v) is 11.1. The number of ether oxygens (including phenoxy) is 1. The third-order valence-electron chi connectivity index (χ3n) is 6.23. The van der Waals surface area contributed by atoms with E-state index < -0.39 is 23.5 Å². The summed E-state index contributed by atoms with van der Waals surface area (Å²) in [6.45, 7) is 7.40. The molecule has 1 amide bonds. The molecule has 2 aromatic rings. The van der Waals surface area contributed by atoms with Crippen LogP contribution in [0, 0.1) is 17.2 Å². The molecule has 1 aromatic heterocycles. The van der Waals surface area contributed by atoms with Crippen LogP contribution in [0.1, 0.15) is 69.6 Å². The first-order chi connectivity index (χ1) is 15.2. The number of fused-ring (bicyclic) bond motifs is 2. The Kier molecular flexibility index (Phi) is 6.97. The van der Waals surface area contributed by atoms with Crippen LogP contribution < -0.4 is 10.9 Å². The van der Waals surface area contributed by atoms with Crippen molar-refractivity contribution < 1.29 is 14.3 Å². The number of nitrogens with one attached hydrogen (secondary N) is 1. The monoisotopic (exact) mass is 438 g/mol. The van der Waals surface area contributed by atoms with Gasteiger partial charge in [0.1, 0.15) is 11.4 Å². The van der Waals surface area contributed by atoms with Crippen LogP contribution in [-0.4, -0.2) is 33.1 Å². The van der Waals surface area contributed by atoms with Crippen LogP contribution in [0.5, 0.6) is 0 Å². The Morgan fingerprint density at radius 3 is 2.62 bits per heavy atom. The standard InChI is InChI=1S/C24H30N4O4/c1-15(2)24(4,14-25)27-21(29)16(3)32-23(31)17-10-11-18-19(13-17)26-20-9-7-5-6-8-12-28(20)22(18)30/h10-11,13,15-16H,5-9,12H2,1-4H3,(H,27,29)/t16-,24+/m0/s1. The highest BCUT2D eigenvalue weighted by Gasteiger charge is 2.32. The van der Waals surface area contributed by atoms with Gasteiger partial charge in [-0.25, -0.2) is 9.78 Å². The Bertz CT molecular complexity index is 1130. The minimum Gasteiger partial charge on any atom is -0.449 e. The quantitative estimate of drug-likeness (QED) is 0.718. The Hall–Kier alpha value is -3.21. The molecule has 8 heteroatoms. The van der Waals surface area contributed by atoms with Gasteiger partial charge in [-0.15, -0.1) is 0 Å². The number of aromatic nitrogens is 2. The van der Waals surface area contributed by atoms with Crippen LogP contribution in [0.25, 0.3) is 10.9 Å². The Labute approximate surface area is 187 Å². The van der Waals surface area contributed by atoms with Crippen molar-refractivity contribution in [3.8, 4) is 6.07 Å². The van der Waals surface area contributed by atoms with Gasteiger partial charge in [0, 0.05) is 13.0 Å². The summed E-state index contributed by atoms with van der Waals surface area (Å²) in [5.41, 5.74) is -0.496. The lowest BCUT2D eigenvalue weighted by Gasteiger charge is -2.28. The molecule has 0 saturated carbocycles. The van der Waals surface area contributed by atoms with E-state index in [2.05, 4.69) is 16.4 Å². The number of amides is 1. The zero-order valence-electron chi connectivity index (χ0n) is 19.1. The van der Waals surface area contributed by atoms with Crippen LogP contribution in [-0.2, 0) is 22.5 Å². The summed E-state index contributed by atoms with van der Waals surface area (Å²) in [6.07, 6.45) is 3.78. The average molecular weight is 439 g/mol. The number of hydrogen-bond donors (Lipinski definition) is 1. The second-order valence-electron chi connectivity index (χ2n) is 8.89. The van der Waals surface area contributed by atoms with Crippen LogP contribution in [0.2, 0.25) is 0 Å². The molecule has 1 N–H and O–H groups in total. The number of carbonyl (C=O) groups excluding carboxylic acids is 2. The molecule has 32 heavy (non-hydrogen) atoms. The van der Waals surface area contributed by atoms with Gasteiger partial charge < -0.3 is 10.1 Å². The Morgan fingerprint density at radius 2 is 1.94 bits per heavy atom. The highest BCUT2D eigenvalue weighted by Crippen LogP contribution is 2.18. The Balaban J connectivity index is 1.81. The molecule has 8 nitrogen and oxygen atoms in total. The number of aryl methyl sites for hydroxylation is 1. The molecule has 3 rings (SSSR count). The Morgan fingerprint density at radius 1 is 1.22 bits per heavy atom. The normalized spacial score (nSPS) is 16.8. The molecule has 2 atom stereocenters. The van der Waals surface area contributed by atoms with E-state index in [1.807, 2.05) is 13.8 Å². The molecule has 1 aliphatic rings. The summed E-state index contributed by atoms with van der Waals surface area (Å²) in [5, 5.41) is 12.5. The smallest absolute Gasteiger partial charge is 0.338 e. The maximum absolute atomic E-state index is 12.9. The van der Waals surface area contributed by atoms with Crippen molar-refractivity contribution in [2.45, 2.75) is 78.0 Å². The molecule has 0 fully saturated rings. The molecule has 0 bridgehead atoms. The summed E-state index contributed by atoms with van der Waals surface area (Å²) in [6, 6.07) is 6.74. The van der Waals surface area contributed by atoms with Crippen molar-refractivity contribution in [1.29, 1.82) is 5.26 Å². The van der Waals surface area contributed by atoms with Crippen molar-refractivity contribution >= 4 is 22.8 Å². The van der Waals surface area contributed by atoms with Gasteiger partial charge in [-0.05, 0) is 50.8 Å². The third kappa shape index (κ3) is 4.82. The lowest BCUT2D eigenvalue weighted by atomic mass is 9.90. The summed E-state index contributed by atoms with van der Waals surface area (Å²) in [4.78, 5) is 42.7. The van der Waals surface area contributed by atoms with Gasteiger partial charge in [0.2, 0.25) is 0 Å². The zero-order valence-corrected chi connectivity index (χ0v) is 19.1. The molecular weight excluding hydrogens is 408 g/mol. The van der Waals surface area contributed by atoms with E-state index in [-0.39, 0.29) is 17.0 Å². The minimum absolute atomic E-state index is 0.0935. The number of carbonyl (C=O) groups is 2. The highest BCUT2D eigenvalue weighted by atomic mass is 16.5. The van der Waals surface area contributed by atoms with E-state index in [4.69, 9.17) is 4.74 Å². The van der Waals surface area contributed by atoms with Gasteiger partial charge in [-0.1, -0.05) is 26.7 Å². The summed E-state index contributed by atoms with van der Waals surface area (Å²) in [7, 11) is 0. The van der Waals surface area contributed by atoms with Gasteiger partial charge in [0.15, 0.2) is 6.10 Å². The molecule has 1 aromatic carbocycles. The molecule has 0 spiro atoms. The first-order valence-electron chi connectivity index (χ1n) is 11.1. The number of esters is 1. The van der Waals surface area contributed by atoms with E-state index in [0.29, 0.717) is 17.4 Å². The SMILES string of the molecule is CC(C)[C@@](C)(C#N)NC(=O)[C@H](C)OC(=O)c1ccc2c(=O)n3c(nc2c1)CCCCCC3. The first kappa shape index (κ1) is 23.5. The molecule has 2 heterocycles. The fraction of sp³-hybridized carbons (Fsp3) is 0.542. The lowest BCUT2D eigenvalue weighted by molar-refractivity contribution is -0.130. The van der Waals surface area contributed by atoms with E-state index >= 15 is 0 Å². The van der Waals surface area contributed by atoms with Crippen molar-refractivity contribution in [2.24, 2.45) is 5.92 Å². The molecule has 0 radical (unpaired) electrons. The van der Waals surface area contributed by atoms with Crippen molar-refractivity contribution in [3.05, 3.63) is 39.9 Å². The second-order valence-corrected chi connectivity index (χ2v) is 8.89. The zero-order chi connectivity index (χ0) is 23.5. The van der Waals surface area contributed by atoms with E-state index in [0.717, 1.165) is 37.9 Å². The second kappa shape index (κ2) is 9.51. The third-order valence-corrected chi connectivity index (χ3v) is 6.23. The average Bonchev–Trinajstić information content (AvgIpc) is 2.74. The predicted octanol–water partition coefficient (Wildman–Crippen LogP) is 3.11. The highest BCUT2D eigenvalue weighted by molar-refractivity contribution is 5.95. The number of rotatable bonds is 5. The van der Waals surface area contributed by atoms with E-state index in [1.54, 1.807) is 17.6 Å². The van der Waals surface area contributed by atoms with Gasteiger partial charge >= 0.3 is 5.97 Å². The number of benzene rings is 1. The van der Waals surface area contributed by atoms with Gasteiger partial charge in [-0.2, -0.15) is 5.26 Å². The van der Waals surface area contributed by atoms with Crippen LogP contribution in [0.4, 0.5) is 0 Å². The van der Waals surface area contributed by atoms with Gasteiger partial charge in [0.25, 0.3) is 11.5 Å². The van der Waals surface area contributed by atoms with E-state index in [1.165, 1.54) is 19.1 Å². The molecule has 0 saturated heterocycles. The largest absolute Gasteiger partial charge is 0.449 e. The summed E-state index contributed by atoms with van der Waals surface area (Å²) in [5.74, 6) is -0.615. The van der Waals surface area contributed by atoms with Gasteiger partial charge in [0.05, 0.1) is 22.5 Å². The fourth-order valence-electron chi connectivity index (χ4n) is 3.66. The number of hydrogen-bond acceptors (Lipinski definition) is 6. The summed E-state index contributed by atoms with van der Waals surface area (Å²) >= 11 is 0. The van der Waals surface area contributed by atoms with Crippen LogP contribution in [0.3, 0.4) is 0 Å². The topological polar surface area (TPSA) is 114 Å². The molecular formula is C24H30N4O4. The molecule has 0 unspecified atom stereocenters. The minimum atomic E-state index is -1.08. The molecule has 0 aliphatic carbocycles. The van der Waals surface area contributed by atoms with Crippen molar-refractivity contribution in [2.75, 3.05) is 0 Å². The molecule has 1 aliphatic heterocycles. The van der Waals surface area contributed by atoms with Crippen LogP contribution >= 0.6 is 0 Å². The van der Waals surface area contributed by atoms with Crippen molar-refractivity contribution in [3.63, 3.8) is 0 Å². The summed E-state index contributed by atoms with van der Waals surface area (Å²) < 4.78 is 7.07. The van der Waals surface area contributed by atoms with Gasteiger partial charge in [-0.3, -0.25) is 14.2 Å². The van der Waals surface area contributed by atoms with E-state index in [9.17, 15) is 19.6 Å². The molecule has 170 valence electrons. The fourth-order valence-corrected chi connectivity index (χ4v) is 3.66. The lowest BCUT2D eigenvalue weighted by Crippen LogP contribution is -2.52. The maximum Gasteiger partial charge on any atom is 0.338 e. The number of nitrogens with zero attached hydrogens (tertiary/aromatic N) is 3. The number of nitriles is 1. The maximum atomic E-state index is 12.9. The van der Waals surface area contributed by atoms with Crippen molar-refractivity contribution in [1.82, 2.24) is 14.9 Å². The van der Waals surface area contributed by atoms with Crippen LogP contribution in [0.15, 0.2) is 23.0 Å². The predicted molar refractivity (Wildman–Crippen MR) is 120 cm³/mol.